The Balaban J connectivity index is 0.000000176. The molecule has 2 aromatic carbocycles. The molecule has 0 saturated carbocycles. The number of ether oxygens (including phenoxy) is 3. The molecule has 2 aliphatic heterocycles. The summed E-state index contributed by atoms with van der Waals surface area (Å²) in [4.78, 5) is 24.4. The van der Waals surface area contributed by atoms with Gasteiger partial charge >= 0.3 is 0 Å². The van der Waals surface area contributed by atoms with E-state index < -0.39 is 0 Å². The van der Waals surface area contributed by atoms with E-state index in [0.717, 1.165) is 38.2 Å². The van der Waals surface area contributed by atoms with Crippen molar-refractivity contribution in [3.8, 4) is 11.5 Å². The third-order valence-corrected chi connectivity index (χ3v) is 5.16. The third-order valence-electron chi connectivity index (χ3n) is 4.17. The van der Waals surface area contributed by atoms with Crippen LogP contribution in [0.5, 0.6) is 11.5 Å². The summed E-state index contributed by atoms with van der Waals surface area (Å²) in [5.74, 6) is 1.36. The summed E-state index contributed by atoms with van der Waals surface area (Å²) in [7, 11) is 1.66. The van der Waals surface area contributed by atoms with E-state index in [0.29, 0.717) is 13.2 Å². The maximum absolute atomic E-state index is 11.8. The van der Waals surface area contributed by atoms with Crippen LogP contribution in [0.4, 0.5) is 11.4 Å². The van der Waals surface area contributed by atoms with Crippen LogP contribution in [-0.4, -0.2) is 45.3 Å². The quantitative estimate of drug-likeness (QED) is 0.608. The van der Waals surface area contributed by atoms with Gasteiger partial charge in [0.05, 0.1) is 11.4 Å². The van der Waals surface area contributed by atoms with Gasteiger partial charge in [0.2, 0.25) is 0 Å². The minimum atomic E-state index is -0.111. The van der Waals surface area contributed by atoms with Crippen molar-refractivity contribution in [2.24, 2.45) is 0 Å². The molecule has 0 unspecified atom stereocenters. The lowest BCUT2D eigenvalue weighted by Crippen LogP contribution is -2.39. The monoisotopic (exact) mass is 526 g/mol. The topological polar surface area (TPSA) is 77.1 Å². The van der Waals surface area contributed by atoms with Gasteiger partial charge in [-0.05, 0) is 42.8 Å². The number of hydrogen-bond acceptors (Lipinski definition) is 5. The number of amides is 2. The maximum Gasteiger partial charge on any atom is 0.265 e. The van der Waals surface area contributed by atoms with Gasteiger partial charge in [-0.25, -0.2) is 0 Å². The van der Waals surface area contributed by atoms with E-state index in [4.69, 9.17) is 14.2 Å². The molecule has 0 spiro atoms. The molecular weight excluding hydrogens is 508 g/mol. The van der Waals surface area contributed by atoms with Crippen LogP contribution in [0.15, 0.2) is 45.3 Å². The predicted molar refractivity (Wildman–Crippen MR) is 117 cm³/mol. The normalized spacial score (nSPS) is 14.5. The highest BCUT2D eigenvalue weighted by Crippen LogP contribution is 2.34. The van der Waals surface area contributed by atoms with Crippen LogP contribution in [0.1, 0.15) is 6.42 Å². The van der Waals surface area contributed by atoms with Gasteiger partial charge in [0.25, 0.3) is 11.8 Å². The molecule has 0 radical (unpaired) electrons. The molecule has 0 aromatic heterocycles. The second-order valence-electron chi connectivity index (χ2n) is 6.27. The van der Waals surface area contributed by atoms with E-state index in [9.17, 15) is 9.59 Å². The first kappa shape index (κ1) is 21.6. The fourth-order valence-corrected chi connectivity index (χ4v) is 3.55. The number of hydrogen-bond donors (Lipinski definition) is 1. The largest absolute Gasteiger partial charge is 0.482 e. The molecule has 2 aliphatic rings. The summed E-state index contributed by atoms with van der Waals surface area (Å²) in [6.45, 7) is 1.52. The summed E-state index contributed by atoms with van der Waals surface area (Å²) in [5.41, 5.74) is 1.55. The molecule has 4 rings (SSSR count). The average molecular weight is 528 g/mol. The highest BCUT2D eigenvalue weighted by Gasteiger charge is 2.25. The molecule has 2 amide bonds. The molecule has 2 heterocycles. The Kier molecular flexibility index (Phi) is 7.51. The smallest absolute Gasteiger partial charge is 0.265 e. The molecule has 7 nitrogen and oxygen atoms in total. The van der Waals surface area contributed by atoms with Crippen LogP contribution >= 0.6 is 31.9 Å². The van der Waals surface area contributed by atoms with Crippen LogP contribution < -0.4 is 19.7 Å². The van der Waals surface area contributed by atoms with Crippen molar-refractivity contribution in [2.75, 3.05) is 43.7 Å². The summed E-state index contributed by atoms with van der Waals surface area (Å²) in [6.07, 6.45) is 0.814. The van der Waals surface area contributed by atoms with Crippen molar-refractivity contribution in [1.82, 2.24) is 0 Å². The zero-order chi connectivity index (χ0) is 20.8. The van der Waals surface area contributed by atoms with Gasteiger partial charge in [0.1, 0.15) is 11.5 Å². The lowest BCUT2D eigenvalue weighted by molar-refractivity contribution is -0.121. The van der Waals surface area contributed by atoms with Gasteiger partial charge in [-0.3, -0.25) is 9.59 Å². The number of halogens is 2. The molecule has 0 saturated heterocycles. The summed E-state index contributed by atoms with van der Waals surface area (Å²) in [6, 6.07) is 11.2. The molecule has 1 N–H and O–H groups in total. The lowest BCUT2D eigenvalue weighted by atomic mass is 10.2. The minimum absolute atomic E-state index is 0.00768. The third kappa shape index (κ3) is 5.71. The molecule has 0 fully saturated rings. The first-order valence-electron chi connectivity index (χ1n) is 8.92. The predicted octanol–water partition coefficient (Wildman–Crippen LogP) is 3.99. The van der Waals surface area contributed by atoms with E-state index >= 15 is 0 Å². The van der Waals surface area contributed by atoms with E-state index in [1.54, 1.807) is 12.0 Å². The summed E-state index contributed by atoms with van der Waals surface area (Å²) >= 11 is 6.70. The molecular formula is C20H20Br2N2O5. The number of fused-ring (bicyclic) bond motifs is 2. The Hall–Kier alpha value is -2.10. The Morgan fingerprint density at radius 2 is 1.72 bits per heavy atom. The Morgan fingerprint density at radius 3 is 2.48 bits per heavy atom. The van der Waals surface area contributed by atoms with Gasteiger partial charge in [-0.15, -0.1) is 0 Å². The van der Waals surface area contributed by atoms with Crippen molar-refractivity contribution >= 4 is 55.0 Å². The van der Waals surface area contributed by atoms with Crippen LogP contribution in [0.2, 0.25) is 0 Å². The number of benzene rings is 2. The van der Waals surface area contributed by atoms with Crippen LogP contribution in [0.3, 0.4) is 0 Å². The van der Waals surface area contributed by atoms with Gasteiger partial charge < -0.3 is 24.4 Å². The minimum Gasteiger partial charge on any atom is -0.482 e. The van der Waals surface area contributed by atoms with E-state index in [2.05, 4.69) is 37.2 Å². The summed E-state index contributed by atoms with van der Waals surface area (Å²) in [5, 5.41) is 2.71. The van der Waals surface area contributed by atoms with Crippen LogP contribution in [0.25, 0.3) is 0 Å². The van der Waals surface area contributed by atoms with Crippen molar-refractivity contribution in [3.05, 3.63) is 45.3 Å². The first-order valence-corrected chi connectivity index (χ1v) is 10.5. The van der Waals surface area contributed by atoms with Gasteiger partial charge in [0.15, 0.2) is 13.2 Å². The molecule has 154 valence electrons. The van der Waals surface area contributed by atoms with E-state index in [1.165, 1.54) is 0 Å². The maximum atomic E-state index is 11.8. The summed E-state index contributed by atoms with van der Waals surface area (Å²) < 4.78 is 17.4. The number of methoxy groups -OCH3 is 1. The molecule has 2 aromatic rings. The Bertz CT molecular complexity index is 906. The van der Waals surface area contributed by atoms with Gasteiger partial charge in [0, 0.05) is 29.2 Å². The van der Waals surface area contributed by atoms with Crippen molar-refractivity contribution < 1.29 is 23.8 Å². The zero-order valence-electron chi connectivity index (χ0n) is 15.7. The average Bonchev–Trinajstić information content (AvgIpc) is 2.70. The molecule has 0 aliphatic carbocycles. The number of anilines is 2. The first-order chi connectivity index (χ1) is 14.0. The fourth-order valence-electron chi connectivity index (χ4n) is 2.84. The highest BCUT2D eigenvalue weighted by molar-refractivity contribution is 9.10. The fraction of sp³-hybridized carbons (Fsp3) is 0.300. The van der Waals surface area contributed by atoms with Crippen LogP contribution in [-0.2, 0) is 14.3 Å². The van der Waals surface area contributed by atoms with E-state index in [-0.39, 0.29) is 25.0 Å². The van der Waals surface area contributed by atoms with Gasteiger partial charge in [-0.2, -0.15) is 0 Å². The molecule has 9 heteroatoms. The Morgan fingerprint density at radius 1 is 1.03 bits per heavy atom. The van der Waals surface area contributed by atoms with E-state index in [1.807, 2.05) is 36.4 Å². The Labute approximate surface area is 185 Å². The van der Waals surface area contributed by atoms with Crippen molar-refractivity contribution in [1.29, 1.82) is 0 Å². The number of rotatable bonds is 4. The standard InChI is InChI=1S/C12H14BrNO3.C8H6BrNO2/c1-16-6-2-5-14-10-7-9(13)3-4-11(10)17-8-12(14)15;9-5-1-2-7-6(3-5)10-8(11)4-12-7/h3-4,7H,2,5-6,8H2,1H3;1-3H,4H2,(H,10,11). The van der Waals surface area contributed by atoms with Gasteiger partial charge in [-0.1, -0.05) is 31.9 Å². The zero-order valence-corrected chi connectivity index (χ0v) is 18.9. The molecule has 0 atom stereocenters. The molecule has 29 heavy (non-hydrogen) atoms. The lowest BCUT2D eigenvalue weighted by Gasteiger charge is -2.29. The second kappa shape index (κ2) is 10.1. The number of carbonyl (C=O) groups excluding carboxylic acids is 2. The van der Waals surface area contributed by atoms with Crippen molar-refractivity contribution in [2.45, 2.75) is 6.42 Å². The highest BCUT2D eigenvalue weighted by atomic mass is 79.9. The van der Waals surface area contributed by atoms with Crippen LogP contribution in [0, 0.1) is 0 Å². The SMILES string of the molecule is COCCCN1C(=O)COc2ccc(Br)cc21.O=C1COc2ccc(Br)cc2N1. The number of carbonyl (C=O) groups is 2. The number of nitrogens with one attached hydrogen (secondary N) is 1. The number of nitrogens with zero attached hydrogens (tertiary/aromatic N) is 1. The molecule has 0 bridgehead atoms. The second-order valence-corrected chi connectivity index (χ2v) is 8.10. The van der Waals surface area contributed by atoms with Crippen molar-refractivity contribution in [3.63, 3.8) is 0 Å².